The predicted octanol–water partition coefficient (Wildman–Crippen LogP) is 2.29. The second kappa shape index (κ2) is 5.95. The molecule has 18 heavy (non-hydrogen) atoms. The van der Waals surface area contributed by atoms with Gasteiger partial charge < -0.3 is 5.11 Å². The number of piperidine rings is 1. The van der Waals surface area contributed by atoms with E-state index < -0.39 is 11.0 Å². The summed E-state index contributed by atoms with van der Waals surface area (Å²) in [4.78, 5) is 0.827. The summed E-state index contributed by atoms with van der Waals surface area (Å²) in [5.74, 6) is 0.490. The van der Waals surface area contributed by atoms with E-state index in [9.17, 15) is 9.32 Å². The Balaban J connectivity index is 2.08. The van der Waals surface area contributed by atoms with Gasteiger partial charge in [-0.2, -0.15) is 0 Å². The molecule has 1 saturated heterocycles. The molecule has 2 atom stereocenters. The lowest BCUT2D eigenvalue weighted by Gasteiger charge is -2.28. The molecule has 2 unspecified atom stereocenters. The third kappa shape index (κ3) is 3.19. The zero-order chi connectivity index (χ0) is 13.1. The number of hydrogen-bond donors (Lipinski definition) is 1. The van der Waals surface area contributed by atoms with Crippen LogP contribution in [0.25, 0.3) is 0 Å². The summed E-state index contributed by atoms with van der Waals surface area (Å²) < 4.78 is 14.2. The standard InChI is InChI=1S/C14H21NO2S/c1-11(2)12-5-7-14(8-6-12)18(17)15-9-3-4-13(16)10-15/h5-8,11,13,16H,3-4,9-10H2,1-2H3. The average Bonchev–Trinajstić information content (AvgIpc) is 2.38. The molecule has 1 aromatic carbocycles. The van der Waals surface area contributed by atoms with Crippen molar-refractivity contribution in [3.05, 3.63) is 29.8 Å². The van der Waals surface area contributed by atoms with E-state index in [0.29, 0.717) is 12.5 Å². The molecular weight excluding hydrogens is 246 g/mol. The second-order valence-electron chi connectivity index (χ2n) is 5.16. The highest BCUT2D eigenvalue weighted by molar-refractivity contribution is 7.82. The molecule has 1 aliphatic rings. The Morgan fingerprint density at radius 1 is 1.33 bits per heavy atom. The SMILES string of the molecule is CC(C)c1ccc(S(=O)N2CCCC(O)C2)cc1. The van der Waals surface area contributed by atoms with Crippen LogP contribution in [0.1, 0.15) is 38.2 Å². The van der Waals surface area contributed by atoms with Crippen molar-refractivity contribution in [1.29, 1.82) is 0 Å². The topological polar surface area (TPSA) is 40.5 Å². The largest absolute Gasteiger partial charge is 0.392 e. The molecule has 0 radical (unpaired) electrons. The lowest BCUT2D eigenvalue weighted by molar-refractivity contribution is 0.110. The first-order valence-corrected chi connectivity index (χ1v) is 7.63. The molecule has 100 valence electrons. The van der Waals surface area contributed by atoms with Crippen molar-refractivity contribution < 1.29 is 9.32 Å². The normalized spacial score (nSPS) is 23.2. The summed E-state index contributed by atoms with van der Waals surface area (Å²) in [6.07, 6.45) is 1.40. The van der Waals surface area contributed by atoms with Gasteiger partial charge in [-0.15, -0.1) is 0 Å². The van der Waals surface area contributed by atoms with Gasteiger partial charge in [-0.05, 0) is 36.5 Å². The molecule has 0 amide bonds. The fourth-order valence-electron chi connectivity index (χ4n) is 2.19. The third-order valence-corrected chi connectivity index (χ3v) is 4.82. The minimum absolute atomic E-state index is 0.336. The molecule has 0 spiro atoms. The van der Waals surface area contributed by atoms with Gasteiger partial charge in [0, 0.05) is 13.1 Å². The van der Waals surface area contributed by atoms with Gasteiger partial charge in [0.1, 0.15) is 11.0 Å². The highest BCUT2D eigenvalue weighted by atomic mass is 32.2. The second-order valence-corrected chi connectivity index (χ2v) is 6.64. The molecule has 0 bridgehead atoms. The summed E-state index contributed by atoms with van der Waals surface area (Å²) >= 11 is 0. The van der Waals surface area contributed by atoms with E-state index in [2.05, 4.69) is 13.8 Å². The third-order valence-electron chi connectivity index (χ3n) is 3.34. The zero-order valence-electron chi connectivity index (χ0n) is 11.0. The molecule has 0 aromatic heterocycles. The Kier molecular flexibility index (Phi) is 4.54. The Labute approximate surface area is 111 Å². The van der Waals surface area contributed by atoms with Crippen LogP contribution < -0.4 is 0 Å². The lowest BCUT2D eigenvalue weighted by atomic mass is 10.0. The van der Waals surface area contributed by atoms with Crippen molar-refractivity contribution in [3.8, 4) is 0 Å². The van der Waals surface area contributed by atoms with Gasteiger partial charge in [0.15, 0.2) is 0 Å². The first-order chi connectivity index (χ1) is 8.58. The van der Waals surface area contributed by atoms with Crippen LogP contribution in [0.5, 0.6) is 0 Å². The van der Waals surface area contributed by atoms with Crippen LogP contribution >= 0.6 is 0 Å². The van der Waals surface area contributed by atoms with Crippen molar-refractivity contribution in [1.82, 2.24) is 4.31 Å². The van der Waals surface area contributed by atoms with Crippen LogP contribution in [-0.4, -0.2) is 32.8 Å². The highest BCUT2D eigenvalue weighted by Crippen LogP contribution is 2.20. The van der Waals surface area contributed by atoms with Crippen LogP contribution in [-0.2, 0) is 11.0 Å². The van der Waals surface area contributed by atoms with Crippen molar-refractivity contribution >= 4 is 11.0 Å². The lowest BCUT2D eigenvalue weighted by Crippen LogP contribution is -2.39. The minimum Gasteiger partial charge on any atom is -0.392 e. The molecule has 3 nitrogen and oxygen atoms in total. The number of β-amino-alcohol motifs (C(OH)–C–C–N with tert-alkyl or cyclic N) is 1. The predicted molar refractivity (Wildman–Crippen MR) is 73.8 cm³/mol. The fraction of sp³-hybridized carbons (Fsp3) is 0.571. The Bertz CT molecular complexity index is 416. The zero-order valence-corrected chi connectivity index (χ0v) is 11.8. The van der Waals surface area contributed by atoms with Gasteiger partial charge >= 0.3 is 0 Å². The van der Waals surface area contributed by atoms with Gasteiger partial charge in [-0.1, -0.05) is 26.0 Å². The quantitative estimate of drug-likeness (QED) is 0.913. The van der Waals surface area contributed by atoms with Crippen molar-refractivity contribution in [2.24, 2.45) is 0 Å². The smallest absolute Gasteiger partial charge is 0.127 e. The maximum Gasteiger partial charge on any atom is 0.127 e. The van der Waals surface area contributed by atoms with E-state index in [-0.39, 0.29) is 6.10 Å². The summed E-state index contributed by atoms with van der Waals surface area (Å²) in [6, 6.07) is 7.95. The molecule has 2 rings (SSSR count). The van der Waals surface area contributed by atoms with E-state index >= 15 is 0 Å². The van der Waals surface area contributed by atoms with Crippen LogP contribution in [0, 0.1) is 0 Å². The fourth-order valence-corrected chi connectivity index (χ4v) is 3.46. The number of nitrogens with zero attached hydrogens (tertiary/aromatic N) is 1. The molecule has 1 fully saturated rings. The van der Waals surface area contributed by atoms with Gasteiger partial charge in [0.2, 0.25) is 0 Å². The summed E-state index contributed by atoms with van der Waals surface area (Å²) in [7, 11) is -1.14. The first kappa shape index (κ1) is 13.7. The molecule has 1 aliphatic heterocycles. The summed E-state index contributed by atoms with van der Waals surface area (Å²) in [6.45, 7) is 5.61. The molecular formula is C14H21NO2S. The Hall–Kier alpha value is -0.710. The van der Waals surface area contributed by atoms with Crippen molar-refractivity contribution in [2.75, 3.05) is 13.1 Å². The van der Waals surface area contributed by atoms with Gasteiger partial charge in [-0.25, -0.2) is 8.51 Å². The molecule has 1 N–H and O–H groups in total. The van der Waals surface area contributed by atoms with E-state index in [4.69, 9.17) is 0 Å². The number of aliphatic hydroxyl groups excluding tert-OH is 1. The van der Waals surface area contributed by atoms with Gasteiger partial charge in [0.05, 0.1) is 11.0 Å². The number of benzene rings is 1. The molecule has 1 heterocycles. The van der Waals surface area contributed by atoms with E-state index in [1.165, 1.54) is 5.56 Å². The molecule has 1 aromatic rings. The molecule has 4 heteroatoms. The monoisotopic (exact) mass is 267 g/mol. The van der Waals surface area contributed by atoms with Crippen LogP contribution in [0.3, 0.4) is 0 Å². The summed E-state index contributed by atoms with van der Waals surface area (Å²) in [5, 5.41) is 9.62. The maximum atomic E-state index is 12.4. The van der Waals surface area contributed by atoms with Crippen molar-refractivity contribution in [2.45, 2.75) is 43.6 Å². The number of hydrogen-bond acceptors (Lipinski definition) is 2. The van der Waals surface area contributed by atoms with E-state index in [1.807, 2.05) is 28.6 Å². The van der Waals surface area contributed by atoms with Crippen LogP contribution in [0.4, 0.5) is 0 Å². The Morgan fingerprint density at radius 3 is 2.56 bits per heavy atom. The van der Waals surface area contributed by atoms with Gasteiger partial charge in [-0.3, -0.25) is 0 Å². The maximum absolute atomic E-state index is 12.4. The van der Waals surface area contributed by atoms with Crippen LogP contribution in [0.15, 0.2) is 29.2 Å². The average molecular weight is 267 g/mol. The van der Waals surface area contributed by atoms with Gasteiger partial charge in [0.25, 0.3) is 0 Å². The molecule has 0 saturated carbocycles. The highest BCUT2D eigenvalue weighted by Gasteiger charge is 2.23. The van der Waals surface area contributed by atoms with Crippen molar-refractivity contribution in [3.63, 3.8) is 0 Å². The van der Waals surface area contributed by atoms with E-state index in [1.54, 1.807) is 0 Å². The van der Waals surface area contributed by atoms with Crippen LogP contribution in [0.2, 0.25) is 0 Å². The Morgan fingerprint density at radius 2 is 2.00 bits per heavy atom. The number of rotatable bonds is 3. The molecule has 0 aliphatic carbocycles. The summed E-state index contributed by atoms with van der Waals surface area (Å²) in [5.41, 5.74) is 1.26. The first-order valence-electron chi connectivity index (χ1n) is 6.53. The van der Waals surface area contributed by atoms with E-state index in [0.717, 1.165) is 24.3 Å². The number of aliphatic hydroxyl groups is 1. The minimum atomic E-state index is -1.14.